The average molecular weight is 270 g/mol. The van der Waals surface area contributed by atoms with E-state index in [-0.39, 0.29) is 0 Å². The Morgan fingerprint density at radius 2 is 1.79 bits per heavy atom. The molecule has 0 unspecified atom stereocenters. The van der Waals surface area contributed by atoms with Crippen molar-refractivity contribution in [3.63, 3.8) is 0 Å². The Bertz CT molecular complexity index is 633. The molecular weight excluding hydrogens is 256 g/mol. The fourth-order valence-corrected chi connectivity index (χ4v) is 2.80. The Labute approximate surface area is 115 Å². The van der Waals surface area contributed by atoms with Crippen LogP contribution in [0.4, 0.5) is 5.13 Å². The van der Waals surface area contributed by atoms with Crippen molar-refractivity contribution in [1.29, 1.82) is 0 Å². The summed E-state index contributed by atoms with van der Waals surface area (Å²) in [5.41, 5.74) is 1.90. The topological polar surface area (TPSA) is 45.1 Å². The maximum absolute atomic E-state index is 10.1. The third kappa shape index (κ3) is 2.75. The highest BCUT2D eigenvalue weighted by molar-refractivity contribution is 7.22. The van der Waals surface area contributed by atoms with E-state index in [1.165, 1.54) is 0 Å². The number of anilines is 1. The van der Waals surface area contributed by atoms with Gasteiger partial charge in [0.05, 0.1) is 16.3 Å². The Balaban J connectivity index is 1.69. The zero-order valence-corrected chi connectivity index (χ0v) is 11.1. The molecule has 4 heteroatoms. The Hall–Kier alpha value is -1.91. The van der Waals surface area contributed by atoms with E-state index in [1.807, 2.05) is 54.6 Å². The van der Waals surface area contributed by atoms with Crippen molar-refractivity contribution in [2.24, 2.45) is 0 Å². The monoisotopic (exact) mass is 270 g/mol. The molecular formula is C15H14N2OS. The summed E-state index contributed by atoms with van der Waals surface area (Å²) in [7, 11) is 0. The fraction of sp³-hybridized carbons (Fsp3) is 0.133. The smallest absolute Gasteiger partial charge is 0.183 e. The van der Waals surface area contributed by atoms with Crippen LogP contribution in [0.1, 0.15) is 11.7 Å². The van der Waals surface area contributed by atoms with E-state index in [0.29, 0.717) is 6.54 Å². The summed E-state index contributed by atoms with van der Waals surface area (Å²) in [6.07, 6.45) is -0.520. The van der Waals surface area contributed by atoms with E-state index in [2.05, 4.69) is 10.3 Å². The van der Waals surface area contributed by atoms with Gasteiger partial charge in [-0.05, 0) is 17.7 Å². The van der Waals surface area contributed by atoms with Crippen LogP contribution in [0, 0.1) is 0 Å². The second-order valence-corrected chi connectivity index (χ2v) is 5.32. The number of rotatable bonds is 4. The number of nitrogens with one attached hydrogen (secondary N) is 1. The molecule has 0 radical (unpaired) electrons. The predicted octanol–water partition coefficient (Wildman–Crippen LogP) is 3.44. The molecule has 0 spiro atoms. The lowest BCUT2D eigenvalue weighted by Crippen LogP contribution is -2.11. The first kappa shape index (κ1) is 12.1. The first-order valence-electron chi connectivity index (χ1n) is 6.15. The molecule has 0 saturated heterocycles. The number of aromatic nitrogens is 1. The number of fused-ring (bicyclic) bond motifs is 1. The van der Waals surface area contributed by atoms with Gasteiger partial charge in [-0.2, -0.15) is 0 Å². The number of thiazole rings is 1. The molecule has 2 aromatic carbocycles. The zero-order chi connectivity index (χ0) is 13.1. The molecule has 3 rings (SSSR count). The van der Waals surface area contributed by atoms with Crippen molar-refractivity contribution < 1.29 is 5.11 Å². The molecule has 0 saturated carbocycles. The Kier molecular flexibility index (Phi) is 3.44. The molecule has 1 atom stereocenters. The molecule has 0 aliphatic rings. The number of aliphatic hydroxyl groups is 1. The largest absolute Gasteiger partial charge is 0.387 e. The second-order valence-electron chi connectivity index (χ2n) is 4.29. The summed E-state index contributed by atoms with van der Waals surface area (Å²) in [4.78, 5) is 4.47. The Morgan fingerprint density at radius 3 is 2.58 bits per heavy atom. The fourth-order valence-electron chi connectivity index (χ4n) is 1.92. The quantitative estimate of drug-likeness (QED) is 0.763. The second kappa shape index (κ2) is 5.38. The lowest BCUT2D eigenvalue weighted by Gasteiger charge is -2.10. The normalized spacial score (nSPS) is 12.5. The highest BCUT2D eigenvalue weighted by atomic mass is 32.1. The molecule has 1 heterocycles. The van der Waals surface area contributed by atoms with Gasteiger partial charge < -0.3 is 10.4 Å². The molecule has 0 aliphatic heterocycles. The van der Waals surface area contributed by atoms with Gasteiger partial charge >= 0.3 is 0 Å². The number of para-hydroxylation sites is 1. The lowest BCUT2D eigenvalue weighted by atomic mass is 10.1. The molecule has 1 aromatic heterocycles. The molecule has 19 heavy (non-hydrogen) atoms. The van der Waals surface area contributed by atoms with Crippen LogP contribution in [-0.4, -0.2) is 16.6 Å². The minimum Gasteiger partial charge on any atom is -0.387 e. The van der Waals surface area contributed by atoms with Gasteiger partial charge in [0.2, 0.25) is 0 Å². The van der Waals surface area contributed by atoms with Crippen LogP contribution in [0.5, 0.6) is 0 Å². The van der Waals surface area contributed by atoms with Gasteiger partial charge in [-0.1, -0.05) is 53.8 Å². The predicted molar refractivity (Wildman–Crippen MR) is 79.5 cm³/mol. The van der Waals surface area contributed by atoms with Gasteiger partial charge in [0, 0.05) is 6.54 Å². The van der Waals surface area contributed by atoms with E-state index in [0.717, 1.165) is 20.9 Å². The van der Waals surface area contributed by atoms with Gasteiger partial charge in [-0.15, -0.1) is 0 Å². The van der Waals surface area contributed by atoms with Crippen molar-refractivity contribution in [3.05, 3.63) is 60.2 Å². The van der Waals surface area contributed by atoms with Gasteiger partial charge in [0.1, 0.15) is 0 Å². The van der Waals surface area contributed by atoms with Crippen LogP contribution in [0.3, 0.4) is 0 Å². The molecule has 96 valence electrons. The first-order valence-corrected chi connectivity index (χ1v) is 6.97. The number of aliphatic hydroxyl groups excluding tert-OH is 1. The van der Waals surface area contributed by atoms with E-state index >= 15 is 0 Å². The third-order valence-electron chi connectivity index (χ3n) is 2.92. The minimum atomic E-state index is -0.520. The van der Waals surface area contributed by atoms with E-state index in [1.54, 1.807) is 11.3 Å². The van der Waals surface area contributed by atoms with E-state index < -0.39 is 6.10 Å². The number of hydrogen-bond acceptors (Lipinski definition) is 4. The van der Waals surface area contributed by atoms with Gasteiger partial charge in [0.25, 0.3) is 0 Å². The molecule has 0 amide bonds. The van der Waals surface area contributed by atoms with Gasteiger partial charge in [0.15, 0.2) is 5.13 Å². The minimum absolute atomic E-state index is 0.462. The molecule has 3 nitrogen and oxygen atoms in total. The van der Waals surface area contributed by atoms with Crippen LogP contribution in [-0.2, 0) is 0 Å². The van der Waals surface area contributed by atoms with Gasteiger partial charge in [-0.3, -0.25) is 0 Å². The van der Waals surface area contributed by atoms with Crippen molar-refractivity contribution >= 4 is 26.7 Å². The molecule has 3 aromatic rings. The van der Waals surface area contributed by atoms with Crippen molar-refractivity contribution in [2.75, 3.05) is 11.9 Å². The van der Waals surface area contributed by atoms with Crippen LogP contribution in [0.25, 0.3) is 10.2 Å². The molecule has 2 N–H and O–H groups in total. The van der Waals surface area contributed by atoms with Crippen molar-refractivity contribution in [3.8, 4) is 0 Å². The zero-order valence-electron chi connectivity index (χ0n) is 10.3. The average Bonchev–Trinajstić information content (AvgIpc) is 2.88. The molecule has 0 bridgehead atoms. The molecule has 0 fully saturated rings. The van der Waals surface area contributed by atoms with Crippen LogP contribution in [0.15, 0.2) is 54.6 Å². The maximum atomic E-state index is 10.1. The number of benzene rings is 2. The van der Waals surface area contributed by atoms with Crippen LogP contribution >= 0.6 is 11.3 Å². The van der Waals surface area contributed by atoms with Crippen molar-refractivity contribution in [1.82, 2.24) is 4.98 Å². The molecule has 0 aliphatic carbocycles. The number of nitrogens with zero attached hydrogens (tertiary/aromatic N) is 1. The summed E-state index contributed by atoms with van der Waals surface area (Å²) in [6.45, 7) is 0.462. The summed E-state index contributed by atoms with van der Waals surface area (Å²) in [5.74, 6) is 0. The summed E-state index contributed by atoms with van der Waals surface area (Å²) < 4.78 is 1.15. The lowest BCUT2D eigenvalue weighted by molar-refractivity contribution is 0.191. The summed E-state index contributed by atoms with van der Waals surface area (Å²) >= 11 is 1.60. The highest BCUT2D eigenvalue weighted by Crippen LogP contribution is 2.25. The van der Waals surface area contributed by atoms with Crippen LogP contribution < -0.4 is 5.32 Å². The van der Waals surface area contributed by atoms with Crippen molar-refractivity contribution in [2.45, 2.75) is 6.10 Å². The third-order valence-corrected chi connectivity index (χ3v) is 3.92. The summed E-state index contributed by atoms with van der Waals surface area (Å²) in [6, 6.07) is 17.7. The van der Waals surface area contributed by atoms with Gasteiger partial charge in [-0.25, -0.2) is 4.98 Å². The van der Waals surface area contributed by atoms with E-state index in [9.17, 15) is 5.11 Å². The highest BCUT2D eigenvalue weighted by Gasteiger charge is 2.08. The SMILES string of the molecule is O[C@@H](CNc1nc2ccccc2s1)c1ccccc1. The number of hydrogen-bond donors (Lipinski definition) is 2. The van der Waals surface area contributed by atoms with E-state index in [4.69, 9.17) is 0 Å². The first-order chi connectivity index (χ1) is 9.33. The standard InChI is InChI=1S/C15H14N2OS/c18-13(11-6-2-1-3-7-11)10-16-15-17-12-8-4-5-9-14(12)19-15/h1-9,13,18H,10H2,(H,16,17)/t13-/m0/s1. The Morgan fingerprint density at radius 1 is 1.05 bits per heavy atom. The maximum Gasteiger partial charge on any atom is 0.183 e. The summed E-state index contributed by atoms with van der Waals surface area (Å²) in [5, 5.41) is 14.1. The van der Waals surface area contributed by atoms with Crippen LogP contribution in [0.2, 0.25) is 0 Å².